The summed E-state index contributed by atoms with van der Waals surface area (Å²) in [4.78, 5) is 4.64. The fraction of sp³-hybridized carbons (Fsp3) is 0.688. The molecule has 2 aliphatic rings. The van der Waals surface area contributed by atoms with E-state index in [0.29, 0.717) is 5.92 Å². The Hall–Kier alpha value is -0.865. The molecule has 20 heavy (non-hydrogen) atoms. The summed E-state index contributed by atoms with van der Waals surface area (Å²) in [5, 5.41) is 0. The van der Waals surface area contributed by atoms with E-state index in [-0.39, 0.29) is 18.3 Å². The van der Waals surface area contributed by atoms with Crippen molar-refractivity contribution in [2.75, 3.05) is 0 Å². The van der Waals surface area contributed by atoms with Gasteiger partial charge in [0.2, 0.25) is 0 Å². The number of rotatable bonds is 2. The van der Waals surface area contributed by atoms with Gasteiger partial charge in [0.25, 0.3) is 0 Å². The molecule has 3 nitrogen and oxygen atoms in total. The van der Waals surface area contributed by atoms with Gasteiger partial charge >= 0.3 is 7.12 Å². The molecule has 0 spiro atoms. The Morgan fingerprint density at radius 1 is 1.10 bits per heavy atom. The third-order valence-corrected chi connectivity index (χ3v) is 5.07. The monoisotopic (exact) mass is 273 g/mol. The standard InChI is InChI=1S/C16H24BNO2/c1-11-9-13(12-7-6-8-12)10-14(18-11)17-19-15(2,3)16(4,5)20-17/h9-10,12H,6-8H2,1-5H3. The highest BCUT2D eigenvalue weighted by Crippen LogP contribution is 2.38. The topological polar surface area (TPSA) is 31.4 Å². The molecule has 1 aliphatic carbocycles. The first-order valence-corrected chi connectivity index (χ1v) is 7.63. The predicted molar refractivity (Wildman–Crippen MR) is 81.3 cm³/mol. The van der Waals surface area contributed by atoms with Crippen molar-refractivity contribution in [1.29, 1.82) is 0 Å². The molecule has 2 fully saturated rings. The fourth-order valence-corrected chi connectivity index (χ4v) is 2.78. The summed E-state index contributed by atoms with van der Waals surface area (Å²) in [6, 6.07) is 4.39. The van der Waals surface area contributed by atoms with Crippen molar-refractivity contribution < 1.29 is 9.31 Å². The Balaban J connectivity index is 1.89. The third kappa shape index (κ3) is 2.29. The zero-order valence-electron chi connectivity index (χ0n) is 13.2. The van der Waals surface area contributed by atoms with Gasteiger partial charge in [-0.1, -0.05) is 6.42 Å². The Morgan fingerprint density at radius 3 is 2.20 bits per heavy atom. The van der Waals surface area contributed by atoms with Crippen molar-refractivity contribution >= 4 is 12.7 Å². The Morgan fingerprint density at radius 2 is 1.70 bits per heavy atom. The van der Waals surface area contributed by atoms with Crippen molar-refractivity contribution in [1.82, 2.24) is 4.98 Å². The summed E-state index contributed by atoms with van der Waals surface area (Å²) in [5.74, 6) is 0.706. The van der Waals surface area contributed by atoms with Crippen LogP contribution in [-0.4, -0.2) is 23.3 Å². The summed E-state index contributed by atoms with van der Waals surface area (Å²) >= 11 is 0. The van der Waals surface area contributed by atoms with Crippen LogP contribution in [0.25, 0.3) is 0 Å². The van der Waals surface area contributed by atoms with Gasteiger partial charge in [0, 0.05) is 5.69 Å². The smallest absolute Gasteiger partial charge is 0.398 e. The molecular formula is C16H24BNO2. The van der Waals surface area contributed by atoms with Crippen LogP contribution in [0, 0.1) is 6.92 Å². The lowest BCUT2D eigenvalue weighted by Gasteiger charge is -2.32. The molecule has 0 atom stereocenters. The maximum atomic E-state index is 6.11. The van der Waals surface area contributed by atoms with Gasteiger partial charge < -0.3 is 9.31 Å². The summed E-state index contributed by atoms with van der Waals surface area (Å²) in [6.45, 7) is 10.4. The molecule has 2 heterocycles. The molecule has 1 saturated heterocycles. The molecule has 3 rings (SSSR count). The molecule has 0 unspecified atom stereocenters. The quantitative estimate of drug-likeness (QED) is 0.776. The third-order valence-electron chi connectivity index (χ3n) is 5.07. The van der Waals surface area contributed by atoms with E-state index < -0.39 is 0 Å². The maximum absolute atomic E-state index is 6.11. The van der Waals surface area contributed by atoms with Gasteiger partial charge in [-0.2, -0.15) is 0 Å². The van der Waals surface area contributed by atoms with E-state index >= 15 is 0 Å². The van der Waals surface area contributed by atoms with Crippen LogP contribution in [0.2, 0.25) is 0 Å². The first kappa shape index (κ1) is 14.1. The summed E-state index contributed by atoms with van der Waals surface area (Å²) in [5.41, 5.74) is 2.76. The van der Waals surface area contributed by atoms with E-state index in [9.17, 15) is 0 Å². The molecule has 1 aromatic heterocycles. The van der Waals surface area contributed by atoms with Crippen molar-refractivity contribution in [2.45, 2.75) is 71.0 Å². The van der Waals surface area contributed by atoms with Crippen molar-refractivity contribution in [2.24, 2.45) is 0 Å². The van der Waals surface area contributed by atoms with Crippen LogP contribution >= 0.6 is 0 Å². The normalized spacial score (nSPS) is 24.8. The van der Waals surface area contributed by atoms with E-state index in [1.807, 2.05) is 0 Å². The zero-order valence-corrected chi connectivity index (χ0v) is 13.2. The minimum atomic E-state index is -0.348. The summed E-state index contributed by atoms with van der Waals surface area (Å²) in [6.07, 6.45) is 3.94. The SMILES string of the molecule is Cc1cc(C2CCC2)cc(B2OC(C)(C)C(C)(C)O2)n1. The number of nitrogens with zero attached hydrogens (tertiary/aromatic N) is 1. The van der Waals surface area contributed by atoms with Crippen LogP contribution in [0.4, 0.5) is 0 Å². The first-order valence-electron chi connectivity index (χ1n) is 7.63. The van der Waals surface area contributed by atoms with Crippen LogP contribution in [0.15, 0.2) is 12.1 Å². The molecule has 1 aliphatic heterocycles. The lowest BCUT2D eigenvalue weighted by Crippen LogP contribution is -2.41. The second-order valence-corrected chi connectivity index (χ2v) is 7.18. The number of aryl methyl sites for hydroxylation is 1. The van der Waals surface area contributed by atoms with E-state index in [1.165, 1.54) is 24.8 Å². The lowest BCUT2D eigenvalue weighted by atomic mass is 9.76. The van der Waals surface area contributed by atoms with Crippen molar-refractivity contribution in [3.05, 3.63) is 23.4 Å². The minimum Gasteiger partial charge on any atom is -0.398 e. The average Bonchev–Trinajstić information content (AvgIpc) is 2.45. The Bertz CT molecular complexity index is 507. The molecule has 0 aromatic carbocycles. The van der Waals surface area contributed by atoms with Gasteiger partial charge in [-0.15, -0.1) is 0 Å². The first-order chi connectivity index (χ1) is 9.28. The molecule has 1 aromatic rings. The Kier molecular flexibility index (Phi) is 3.22. The maximum Gasteiger partial charge on any atom is 0.514 e. The van der Waals surface area contributed by atoms with Crippen molar-refractivity contribution in [3.63, 3.8) is 0 Å². The average molecular weight is 273 g/mol. The second kappa shape index (κ2) is 4.57. The highest BCUT2D eigenvalue weighted by Gasteiger charge is 2.52. The van der Waals surface area contributed by atoms with Gasteiger partial charge in [0.1, 0.15) is 0 Å². The molecule has 108 valence electrons. The molecule has 4 heteroatoms. The summed E-state index contributed by atoms with van der Waals surface area (Å²) in [7, 11) is -0.348. The minimum absolute atomic E-state index is 0.306. The van der Waals surface area contributed by atoms with Gasteiger partial charge in [-0.25, -0.2) is 0 Å². The molecule has 0 radical (unpaired) electrons. The highest BCUT2D eigenvalue weighted by molar-refractivity contribution is 6.61. The number of hydrogen-bond donors (Lipinski definition) is 0. The van der Waals surface area contributed by atoms with Gasteiger partial charge in [0.15, 0.2) is 0 Å². The fourth-order valence-electron chi connectivity index (χ4n) is 2.78. The van der Waals surface area contributed by atoms with Crippen LogP contribution in [0.1, 0.15) is 64.1 Å². The van der Waals surface area contributed by atoms with E-state index in [2.05, 4.69) is 51.7 Å². The second-order valence-electron chi connectivity index (χ2n) is 7.18. The molecule has 0 amide bonds. The molecule has 0 N–H and O–H groups in total. The molecule has 1 saturated carbocycles. The van der Waals surface area contributed by atoms with Gasteiger partial charge in [-0.3, -0.25) is 4.98 Å². The molecular weight excluding hydrogens is 249 g/mol. The largest absolute Gasteiger partial charge is 0.514 e. The van der Waals surface area contributed by atoms with Crippen LogP contribution in [0.5, 0.6) is 0 Å². The number of hydrogen-bond acceptors (Lipinski definition) is 3. The summed E-state index contributed by atoms with van der Waals surface area (Å²) < 4.78 is 12.2. The number of aromatic nitrogens is 1. The van der Waals surface area contributed by atoms with Gasteiger partial charge in [0.05, 0.1) is 16.8 Å². The van der Waals surface area contributed by atoms with Gasteiger partial charge in [-0.05, 0) is 71.1 Å². The highest BCUT2D eigenvalue weighted by atomic mass is 16.7. The van der Waals surface area contributed by atoms with Crippen molar-refractivity contribution in [3.8, 4) is 0 Å². The van der Waals surface area contributed by atoms with Crippen LogP contribution < -0.4 is 5.59 Å². The molecule has 0 bridgehead atoms. The van der Waals surface area contributed by atoms with Crippen LogP contribution in [-0.2, 0) is 9.31 Å². The number of pyridine rings is 1. The lowest BCUT2D eigenvalue weighted by molar-refractivity contribution is 0.00578. The van der Waals surface area contributed by atoms with E-state index in [4.69, 9.17) is 9.31 Å². The predicted octanol–water partition coefficient (Wildman–Crippen LogP) is 2.96. The zero-order chi connectivity index (χ0) is 14.5. The Labute approximate surface area is 122 Å². The van der Waals surface area contributed by atoms with E-state index in [0.717, 1.165) is 11.3 Å². The van der Waals surface area contributed by atoms with Crippen LogP contribution in [0.3, 0.4) is 0 Å². The van der Waals surface area contributed by atoms with E-state index in [1.54, 1.807) is 0 Å².